The topological polar surface area (TPSA) is 49.9 Å². The number of aromatic amines is 1. The van der Waals surface area contributed by atoms with Gasteiger partial charge in [-0.15, -0.1) is 0 Å². The van der Waals surface area contributed by atoms with Crippen LogP contribution in [0.1, 0.15) is 20.3 Å². The molecule has 0 spiro atoms. The van der Waals surface area contributed by atoms with Crippen molar-refractivity contribution in [3.8, 4) is 0 Å². The average molecular weight is 247 g/mol. The summed E-state index contributed by atoms with van der Waals surface area (Å²) >= 11 is 0. The second-order valence-electron chi connectivity index (χ2n) is 4.85. The Morgan fingerprint density at radius 3 is 2.94 bits per heavy atom. The fraction of sp³-hybridized carbons (Fsp3) is 0.500. The first-order chi connectivity index (χ1) is 8.75. The number of benzene rings is 1. The highest BCUT2D eigenvalue weighted by molar-refractivity contribution is 5.77. The lowest BCUT2D eigenvalue weighted by Gasteiger charge is -2.06. The third-order valence-corrected chi connectivity index (χ3v) is 2.60. The van der Waals surface area contributed by atoms with Crippen LogP contribution < -0.4 is 5.32 Å². The first-order valence-electron chi connectivity index (χ1n) is 6.52. The smallest absolute Gasteiger partial charge is 0.201 e. The van der Waals surface area contributed by atoms with Gasteiger partial charge in [-0.05, 0) is 24.5 Å². The van der Waals surface area contributed by atoms with E-state index in [0.29, 0.717) is 5.92 Å². The van der Waals surface area contributed by atoms with Crippen LogP contribution in [0.2, 0.25) is 0 Å². The Balaban J connectivity index is 1.70. The monoisotopic (exact) mass is 247 g/mol. The molecule has 0 atom stereocenters. The zero-order valence-corrected chi connectivity index (χ0v) is 11.1. The van der Waals surface area contributed by atoms with Crippen molar-refractivity contribution in [2.75, 3.05) is 25.1 Å². The number of H-pyrrole nitrogens is 1. The van der Waals surface area contributed by atoms with Gasteiger partial charge in [-0.3, -0.25) is 0 Å². The zero-order chi connectivity index (χ0) is 12.8. The summed E-state index contributed by atoms with van der Waals surface area (Å²) in [6.45, 7) is 6.83. The quantitative estimate of drug-likeness (QED) is 0.739. The van der Waals surface area contributed by atoms with Gasteiger partial charge in [-0.2, -0.15) is 0 Å². The number of nitrogens with zero attached hydrogens (tertiary/aromatic N) is 1. The van der Waals surface area contributed by atoms with E-state index in [-0.39, 0.29) is 0 Å². The summed E-state index contributed by atoms with van der Waals surface area (Å²) in [6, 6.07) is 8.03. The number of aromatic nitrogens is 2. The Morgan fingerprint density at radius 2 is 2.17 bits per heavy atom. The average Bonchev–Trinajstić information content (AvgIpc) is 2.75. The van der Waals surface area contributed by atoms with Crippen molar-refractivity contribution in [1.82, 2.24) is 9.97 Å². The van der Waals surface area contributed by atoms with E-state index >= 15 is 0 Å². The summed E-state index contributed by atoms with van der Waals surface area (Å²) in [4.78, 5) is 7.69. The number of rotatable bonds is 7. The van der Waals surface area contributed by atoms with Crippen molar-refractivity contribution in [2.24, 2.45) is 5.92 Å². The van der Waals surface area contributed by atoms with Gasteiger partial charge in [-0.25, -0.2) is 4.98 Å². The Hall–Kier alpha value is -1.55. The molecule has 0 radical (unpaired) electrons. The minimum Gasteiger partial charge on any atom is -0.381 e. The first-order valence-corrected chi connectivity index (χ1v) is 6.52. The van der Waals surface area contributed by atoms with Crippen LogP contribution in [0.5, 0.6) is 0 Å². The van der Waals surface area contributed by atoms with Gasteiger partial charge in [0, 0.05) is 19.8 Å². The van der Waals surface area contributed by atoms with E-state index in [2.05, 4.69) is 29.1 Å². The number of fused-ring (bicyclic) bond motifs is 1. The lowest BCUT2D eigenvalue weighted by atomic mass is 10.2. The fourth-order valence-electron chi connectivity index (χ4n) is 1.74. The summed E-state index contributed by atoms with van der Waals surface area (Å²) in [7, 11) is 0. The minimum absolute atomic E-state index is 0.605. The van der Waals surface area contributed by atoms with Crippen LogP contribution >= 0.6 is 0 Å². The van der Waals surface area contributed by atoms with Crippen LogP contribution in [0.15, 0.2) is 24.3 Å². The molecule has 4 nitrogen and oxygen atoms in total. The lowest BCUT2D eigenvalue weighted by Crippen LogP contribution is -2.09. The molecule has 1 aromatic heterocycles. The number of ether oxygens (including phenoxy) is 1. The molecule has 0 aliphatic rings. The normalized spacial score (nSPS) is 11.3. The van der Waals surface area contributed by atoms with Crippen LogP contribution in [-0.2, 0) is 4.74 Å². The number of nitrogens with one attached hydrogen (secondary N) is 2. The van der Waals surface area contributed by atoms with Gasteiger partial charge in [0.25, 0.3) is 0 Å². The van der Waals surface area contributed by atoms with Gasteiger partial charge in [0.05, 0.1) is 11.0 Å². The summed E-state index contributed by atoms with van der Waals surface area (Å²) in [5.74, 6) is 1.44. The predicted octanol–water partition coefficient (Wildman–Crippen LogP) is 3.04. The highest BCUT2D eigenvalue weighted by Crippen LogP contribution is 2.12. The van der Waals surface area contributed by atoms with Gasteiger partial charge in [0.1, 0.15) is 0 Å². The van der Waals surface area contributed by atoms with E-state index in [1.54, 1.807) is 0 Å². The summed E-state index contributed by atoms with van der Waals surface area (Å²) in [6.07, 6.45) is 0.990. The molecule has 98 valence electrons. The molecule has 1 aromatic carbocycles. The molecule has 2 N–H and O–H groups in total. The molecule has 0 saturated carbocycles. The molecular weight excluding hydrogens is 226 g/mol. The standard InChI is InChI=1S/C14H21N3O/c1-11(2)10-18-9-5-8-15-14-16-12-6-3-4-7-13(12)17-14/h3-4,6-7,11H,5,8-10H2,1-2H3,(H2,15,16,17). The van der Waals surface area contributed by atoms with Crippen LogP contribution in [0.3, 0.4) is 0 Å². The molecule has 0 amide bonds. The van der Waals surface area contributed by atoms with E-state index in [4.69, 9.17) is 4.74 Å². The number of imidazole rings is 1. The Kier molecular flexibility index (Phi) is 4.59. The molecule has 0 unspecified atom stereocenters. The van der Waals surface area contributed by atoms with E-state index in [0.717, 1.165) is 43.2 Å². The Bertz CT molecular complexity index is 446. The number of anilines is 1. The molecule has 0 fully saturated rings. The maximum absolute atomic E-state index is 5.52. The number of para-hydroxylation sites is 2. The van der Waals surface area contributed by atoms with E-state index in [9.17, 15) is 0 Å². The van der Waals surface area contributed by atoms with Gasteiger partial charge in [0.2, 0.25) is 5.95 Å². The molecule has 0 saturated heterocycles. The number of hydrogen-bond donors (Lipinski definition) is 2. The fourth-order valence-corrected chi connectivity index (χ4v) is 1.74. The van der Waals surface area contributed by atoms with Gasteiger partial charge in [-0.1, -0.05) is 26.0 Å². The van der Waals surface area contributed by atoms with Crippen molar-refractivity contribution in [2.45, 2.75) is 20.3 Å². The molecular formula is C14H21N3O. The van der Waals surface area contributed by atoms with Crippen LogP contribution in [-0.4, -0.2) is 29.7 Å². The van der Waals surface area contributed by atoms with E-state index in [1.807, 2.05) is 24.3 Å². The molecule has 0 aliphatic heterocycles. The molecule has 1 heterocycles. The van der Waals surface area contributed by atoms with Crippen molar-refractivity contribution in [3.05, 3.63) is 24.3 Å². The minimum atomic E-state index is 0.605. The summed E-state index contributed by atoms with van der Waals surface area (Å²) in [5, 5.41) is 3.28. The molecule has 2 rings (SSSR count). The second kappa shape index (κ2) is 6.40. The predicted molar refractivity (Wildman–Crippen MR) is 74.9 cm³/mol. The summed E-state index contributed by atoms with van der Waals surface area (Å²) < 4.78 is 5.52. The molecule has 0 aliphatic carbocycles. The highest BCUT2D eigenvalue weighted by atomic mass is 16.5. The van der Waals surface area contributed by atoms with Crippen molar-refractivity contribution in [1.29, 1.82) is 0 Å². The van der Waals surface area contributed by atoms with Gasteiger partial charge >= 0.3 is 0 Å². The highest BCUT2D eigenvalue weighted by Gasteiger charge is 2.00. The van der Waals surface area contributed by atoms with Crippen molar-refractivity contribution >= 4 is 17.0 Å². The Labute approximate surface area is 108 Å². The third-order valence-electron chi connectivity index (χ3n) is 2.60. The zero-order valence-electron chi connectivity index (χ0n) is 11.1. The molecule has 18 heavy (non-hydrogen) atoms. The maximum atomic E-state index is 5.52. The summed E-state index contributed by atoms with van der Waals surface area (Å²) in [5.41, 5.74) is 2.06. The number of hydrogen-bond acceptors (Lipinski definition) is 3. The second-order valence-corrected chi connectivity index (χ2v) is 4.85. The van der Waals surface area contributed by atoms with Gasteiger partial charge < -0.3 is 15.0 Å². The maximum Gasteiger partial charge on any atom is 0.201 e. The SMILES string of the molecule is CC(C)COCCCNc1nc2ccccc2[nH]1. The van der Waals surface area contributed by atoms with Crippen LogP contribution in [0.4, 0.5) is 5.95 Å². The molecule has 2 aromatic rings. The third kappa shape index (κ3) is 3.74. The van der Waals surface area contributed by atoms with Crippen LogP contribution in [0.25, 0.3) is 11.0 Å². The first kappa shape index (κ1) is 12.9. The van der Waals surface area contributed by atoms with Gasteiger partial charge in [0.15, 0.2) is 0 Å². The van der Waals surface area contributed by atoms with Crippen molar-refractivity contribution < 1.29 is 4.74 Å². The molecule has 4 heteroatoms. The Morgan fingerprint density at radius 1 is 1.33 bits per heavy atom. The van der Waals surface area contributed by atoms with E-state index in [1.165, 1.54) is 0 Å². The molecule has 0 bridgehead atoms. The van der Waals surface area contributed by atoms with E-state index < -0.39 is 0 Å². The van der Waals surface area contributed by atoms with Crippen LogP contribution in [0, 0.1) is 5.92 Å². The van der Waals surface area contributed by atoms with Crippen molar-refractivity contribution in [3.63, 3.8) is 0 Å². The lowest BCUT2D eigenvalue weighted by molar-refractivity contribution is 0.110. The largest absolute Gasteiger partial charge is 0.381 e.